The van der Waals surface area contributed by atoms with Gasteiger partial charge >= 0.3 is 0 Å². The van der Waals surface area contributed by atoms with E-state index in [9.17, 15) is 18.8 Å². The fourth-order valence-electron chi connectivity index (χ4n) is 6.01. The number of likely N-dealkylation sites (tertiary alicyclic amines) is 1. The van der Waals surface area contributed by atoms with E-state index in [0.717, 1.165) is 11.1 Å². The molecule has 0 radical (unpaired) electrons. The van der Waals surface area contributed by atoms with E-state index in [2.05, 4.69) is 25.7 Å². The summed E-state index contributed by atoms with van der Waals surface area (Å²) in [5, 5.41) is 19.2. The number of allylic oxidation sites excluding steroid dienone is 4. The molecule has 2 aliphatic rings. The molecule has 4 unspecified atom stereocenters. The van der Waals surface area contributed by atoms with Crippen molar-refractivity contribution >= 4 is 57.4 Å². The second kappa shape index (κ2) is 12.0. The van der Waals surface area contributed by atoms with Crippen LogP contribution in [-0.2, 0) is 16.1 Å². The van der Waals surface area contributed by atoms with Gasteiger partial charge in [-0.1, -0.05) is 42.3 Å². The Bertz CT molecular complexity index is 1830. The Labute approximate surface area is 261 Å². The van der Waals surface area contributed by atoms with Crippen molar-refractivity contribution in [1.29, 1.82) is 0 Å². The van der Waals surface area contributed by atoms with Crippen molar-refractivity contribution in [3.63, 3.8) is 0 Å². The standard InChI is InChI=1S/C31H28Cl2FN7O3/c1-16-7-20(32)9-24(33)29(16)30-25(12-37-39-30)38-31(44)27-10-21(34)13-41(27)28(43)15-40-14-23(17(2)42)22-8-18(3-4-26(22)40)19-5-6-35-36-11-19/h3-9,11-12,14,16,21,27,29H,10,13,15H2,1-2H3,(H,37,39)(H,38,44). The Morgan fingerprint density at radius 1 is 1.14 bits per heavy atom. The van der Waals surface area contributed by atoms with Gasteiger partial charge < -0.3 is 14.8 Å². The van der Waals surface area contributed by atoms with Crippen LogP contribution in [0.1, 0.15) is 42.2 Å². The van der Waals surface area contributed by atoms with E-state index < -0.39 is 24.0 Å². The SMILES string of the molecule is CC(=O)c1cn(CC(=O)N2CC(F)CC2C(=O)Nc2cn[nH]c2C2C(Cl)=CC(Cl)=CC2C)c2ccc(-c3ccnnc3)cc12. The van der Waals surface area contributed by atoms with Crippen molar-refractivity contribution in [1.82, 2.24) is 29.9 Å². The monoisotopic (exact) mass is 635 g/mol. The van der Waals surface area contributed by atoms with Gasteiger partial charge in [-0.25, -0.2) is 4.39 Å². The molecule has 1 aromatic carbocycles. The Kier molecular flexibility index (Phi) is 8.08. The van der Waals surface area contributed by atoms with Crippen LogP contribution in [0.15, 0.2) is 71.3 Å². The van der Waals surface area contributed by atoms with Gasteiger partial charge in [0, 0.05) is 50.6 Å². The van der Waals surface area contributed by atoms with E-state index >= 15 is 0 Å². The summed E-state index contributed by atoms with van der Waals surface area (Å²) < 4.78 is 16.4. The van der Waals surface area contributed by atoms with Crippen molar-refractivity contribution in [2.45, 2.75) is 44.9 Å². The van der Waals surface area contributed by atoms with Crippen molar-refractivity contribution in [2.75, 3.05) is 11.9 Å². The number of benzene rings is 1. The minimum Gasteiger partial charge on any atom is -0.337 e. The maximum Gasteiger partial charge on any atom is 0.247 e. The number of H-pyrrole nitrogens is 1. The van der Waals surface area contributed by atoms with Gasteiger partial charge in [0.2, 0.25) is 11.8 Å². The molecule has 1 aliphatic carbocycles. The van der Waals surface area contributed by atoms with E-state index in [1.807, 2.05) is 37.3 Å². The highest BCUT2D eigenvalue weighted by Crippen LogP contribution is 2.42. The first kappa shape index (κ1) is 29.7. The number of hydrogen-bond donors (Lipinski definition) is 2. The molecule has 4 atom stereocenters. The second-order valence-electron chi connectivity index (χ2n) is 11.1. The fourth-order valence-corrected chi connectivity index (χ4v) is 6.81. The zero-order valence-corrected chi connectivity index (χ0v) is 25.3. The summed E-state index contributed by atoms with van der Waals surface area (Å²) >= 11 is 12.7. The third-order valence-corrected chi connectivity index (χ3v) is 8.69. The molecule has 0 spiro atoms. The number of alkyl halides is 1. The zero-order chi connectivity index (χ0) is 31.1. The lowest BCUT2D eigenvalue weighted by Crippen LogP contribution is -2.44. The summed E-state index contributed by atoms with van der Waals surface area (Å²) in [6.07, 6.45) is 8.29. The Hall–Kier alpha value is -4.35. The van der Waals surface area contributed by atoms with Gasteiger partial charge in [-0.3, -0.25) is 19.5 Å². The number of ketones is 1. The number of amides is 2. The predicted octanol–water partition coefficient (Wildman–Crippen LogP) is 5.58. The molecule has 226 valence electrons. The van der Waals surface area contributed by atoms with Crippen molar-refractivity contribution in [3.8, 4) is 11.1 Å². The van der Waals surface area contributed by atoms with Crippen LogP contribution in [0.5, 0.6) is 0 Å². The summed E-state index contributed by atoms with van der Waals surface area (Å²) in [6.45, 7) is 3.01. The molecule has 1 aliphatic heterocycles. The van der Waals surface area contributed by atoms with E-state index in [1.54, 1.807) is 29.2 Å². The first-order chi connectivity index (χ1) is 21.1. The first-order valence-corrected chi connectivity index (χ1v) is 14.8. The van der Waals surface area contributed by atoms with Crippen molar-refractivity contribution in [3.05, 3.63) is 82.5 Å². The third-order valence-electron chi connectivity index (χ3n) is 8.12. The van der Waals surface area contributed by atoms with E-state index in [1.165, 1.54) is 18.0 Å². The number of carbonyl (C=O) groups excluding carboxylic acids is 3. The summed E-state index contributed by atoms with van der Waals surface area (Å²) in [7, 11) is 0. The third kappa shape index (κ3) is 5.65. The van der Waals surface area contributed by atoms with Crippen LogP contribution in [0.3, 0.4) is 0 Å². The number of halogens is 3. The van der Waals surface area contributed by atoms with Crippen molar-refractivity contribution < 1.29 is 18.8 Å². The van der Waals surface area contributed by atoms with E-state index in [0.29, 0.717) is 37.9 Å². The predicted molar refractivity (Wildman–Crippen MR) is 165 cm³/mol. The van der Waals surface area contributed by atoms with Gasteiger partial charge in [0.1, 0.15) is 18.8 Å². The molecule has 1 saturated heterocycles. The van der Waals surface area contributed by atoms with Crippen LogP contribution in [0.4, 0.5) is 10.1 Å². The zero-order valence-electron chi connectivity index (χ0n) is 23.8. The summed E-state index contributed by atoms with van der Waals surface area (Å²) in [5.74, 6) is -1.54. The molecule has 44 heavy (non-hydrogen) atoms. The topological polar surface area (TPSA) is 126 Å². The highest BCUT2D eigenvalue weighted by molar-refractivity contribution is 6.35. The van der Waals surface area contributed by atoms with Crippen LogP contribution in [0.25, 0.3) is 22.0 Å². The number of aromatic amines is 1. The number of rotatable bonds is 7. The number of carbonyl (C=O) groups is 3. The molecule has 0 saturated carbocycles. The fraction of sp³-hybridized carbons (Fsp3) is 0.290. The van der Waals surface area contributed by atoms with Gasteiger partial charge in [0.15, 0.2) is 5.78 Å². The Morgan fingerprint density at radius 3 is 2.68 bits per heavy atom. The van der Waals surface area contributed by atoms with Crippen LogP contribution in [0, 0.1) is 5.92 Å². The molecule has 13 heteroatoms. The van der Waals surface area contributed by atoms with Gasteiger partial charge in [-0.2, -0.15) is 15.3 Å². The van der Waals surface area contributed by atoms with Gasteiger partial charge in [0.25, 0.3) is 0 Å². The number of nitrogens with zero attached hydrogens (tertiary/aromatic N) is 5. The van der Waals surface area contributed by atoms with Crippen LogP contribution in [-0.4, -0.2) is 66.2 Å². The molecular formula is C31H28Cl2FN7O3. The molecule has 6 rings (SSSR count). The average Bonchev–Trinajstić information content (AvgIpc) is 3.70. The summed E-state index contributed by atoms with van der Waals surface area (Å²) in [4.78, 5) is 40.9. The van der Waals surface area contributed by atoms with Crippen LogP contribution < -0.4 is 5.32 Å². The lowest BCUT2D eigenvalue weighted by atomic mass is 9.86. The molecule has 4 heterocycles. The first-order valence-electron chi connectivity index (χ1n) is 14.0. The molecule has 2 amide bonds. The number of hydrogen-bond acceptors (Lipinski definition) is 6. The quantitative estimate of drug-likeness (QED) is 0.255. The Balaban J connectivity index is 1.23. The molecular weight excluding hydrogens is 608 g/mol. The van der Waals surface area contributed by atoms with Crippen molar-refractivity contribution in [2.24, 2.45) is 5.92 Å². The number of nitrogens with one attached hydrogen (secondary N) is 2. The lowest BCUT2D eigenvalue weighted by molar-refractivity contribution is -0.137. The normalized spacial score (nSPS) is 21.7. The van der Waals surface area contributed by atoms with E-state index in [4.69, 9.17) is 23.2 Å². The molecule has 1 fully saturated rings. The highest BCUT2D eigenvalue weighted by Gasteiger charge is 2.40. The van der Waals surface area contributed by atoms with Crippen LogP contribution in [0.2, 0.25) is 0 Å². The number of anilines is 1. The number of Topliss-reactive ketones (excluding diaryl/α,β-unsaturated/α-hetero) is 1. The van der Waals surface area contributed by atoms with E-state index in [-0.39, 0.29) is 37.1 Å². The minimum atomic E-state index is -1.37. The molecule has 4 aromatic rings. The second-order valence-corrected chi connectivity index (χ2v) is 12.0. The van der Waals surface area contributed by atoms with Gasteiger partial charge in [-0.05, 0) is 42.7 Å². The number of aromatic nitrogens is 5. The largest absolute Gasteiger partial charge is 0.337 e. The molecule has 2 N–H and O–H groups in total. The maximum atomic E-state index is 14.7. The molecule has 0 bridgehead atoms. The van der Waals surface area contributed by atoms with Gasteiger partial charge in [0.05, 0.1) is 36.5 Å². The lowest BCUT2D eigenvalue weighted by Gasteiger charge is -2.26. The summed E-state index contributed by atoms with van der Waals surface area (Å²) in [5.41, 5.74) is 3.75. The average molecular weight is 637 g/mol. The molecule has 3 aromatic heterocycles. The minimum absolute atomic E-state index is 0.0791. The van der Waals surface area contributed by atoms with Gasteiger partial charge in [-0.15, -0.1) is 0 Å². The number of fused-ring (bicyclic) bond motifs is 1. The smallest absolute Gasteiger partial charge is 0.247 e. The highest BCUT2D eigenvalue weighted by atomic mass is 35.5. The Morgan fingerprint density at radius 2 is 1.95 bits per heavy atom. The van der Waals surface area contributed by atoms with Crippen LogP contribution >= 0.6 is 23.2 Å². The summed E-state index contributed by atoms with van der Waals surface area (Å²) in [6, 6.07) is 6.34. The maximum absolute atomic E-state index is 14.7. The molecule has 10 nitrogen and oxygen atoms in total.